The van der Waals surface area contributed by atoms with Crippen LogP contribution >= 0.6 is 11.3 Å². The molecule has 1 aliphatic rings. The number of anilines is 1. The maximum atomic E-state index is 13.2. The average molecular weight is 447 g/mol. The summed E-state index contributed by atoms with van der Waals surface area (Å²) in [7, 11) is 0. The summed E-state index contributed by atoms with van der Waals surface area (Å²) < 4.78 is 15.1. The van der Waals surface area contributed by atoms with Crippen LogP contribution in [0, 0.1) is 5.82 Å². The second-order valence-electron chi connectivity index (χ2n) is 7.77. The predicted molar refractivity (Wildman–Crippen MR) is 126 cm³/mol. The number of nitrogens with zero attached hydrogens (tertiary/aromatic N) is 4. The van der Waals surface area contributed by atoms with Crippen LogP contribution < -0.4 is 4.90 Å². The van der Waals surface area contributed by atoms with Crippen molar-refractivity contribution in [3.05, 3.63) is 84.1 Å². The molecule has 5 nitrogen and oxygen atoms in total. The summed E-state index contributed by atoms with van der Waals surface area (Å²) >= 11 is 1.59. The fourth-order valence-electron chi connectivity index (χ4n) is 3.99. The van der Waals surface area contributed by atoms with Crippen molar-refractivity contribution in [1.29, 1.82) is 0 Å². The first kappa shape index (κ1) is 20.5. The Morgan fingerprint density at radius 2 is 1.69 bits per heavy atom. The van der Waals surface area contributed by atoms with Crippen LogP contribution in [0.5, 0.6) is 0 Å². The van der Waals surface area contributed by atoms with Gasteiger partial charge in [0, 0.05) is 49.0 Å². The fraction of sp³-hybridized carbons (Fsp3) is 0.200. The van der Waals surface area contributed by atoms with Crippen molar-refractivity contribution in [2.24, 2.45) is 0 Å². The van der Waals surface area contributed by atoms with Crippen LogP contribution in [0.25, 0.3) is 22.0 Å². The lowest BCUT2D eigenvalue weighted by Gasteiger charge is -2.36. The number of hydrogen-bond acceptors (Lipinski definition) is 4. The average Bonchev–Trinajstić information content (AvgIpc) is 3.50. The molecule has 1 amide bonds. The van der Waals surface area contributed by atoms with Gasteiger partial charge in [0.05, 0.1) is 11.4 Å². The third-order valence-electron chi connectivity index (χ3n) is 5.75. The third-order valence-corrected chi connectivity index (χ3v) is 6.62. The largest absolute Gasteiger partial charge is 0.368 e. The molecule has 0 aliphatic carbocycles. The van der Waals surface area contributed by atoms with Gasteiger partial charge in [-0.2, -0.15) is 0 Å². The number of carbonyl (C=O) groups excluding carboxylic acids is 1. The molecular formula is C25H23FN4OS. The lowest BCUT2D eigenvalue weighted by Crippen LogP contribution is -2.49. The Kier molecular flexibility index (Phi) is 5.73. The maximum Gasteiger partial charge on any atom is 0.242 e. The summed E-state index contributed by atoms with van der Waals surface area (Å²) in [4.78, 5) is 21.9. The number of hydrogen-bond donors (Lipinski definition) is 0. The van der Waals surface area contributed by atoms with Crippen LogP contribution in [-0.4, -0.2) is 46.5 Å². The van der Waals surface area contributed by atoms with Crippen molar-refractivity contribution in [1.82, 2.24) is 14.5 Å². The molecule has 162 valence electrons. The number of amides is 1. The van der Waals surface area contributed by atoms with Gasteiger partial charge in [-0.3, -0.25) is 4.79 Å². The predicted octanol–water partition coefficient (Wildman–Crippen LogP) is 4.77. The number of thiazole rings is 1. The highest BCUT2D eigenvalue weighted by atomic mass is 32.1. The normalized spacial score (nSPS) is 14.0. The second kappa shape index (κ2) is 8.96. The highest BCUT2D eigenvalue weighted by Gasteiger charge is 2.22. The zero-order valence-electron chi connectivity index (χ0n) is 17.5. The highest BCUT2D eigenvalue weighted by Crippen LogP contribution is 2.29. The van der Waals surface area contributed by atoms with E-state index in [1.54, 1.807) is 23.5 Å². The van der Waals surface area contributed by atoms with Gasteiger partial charge in [-0.05, 0) is 36.4 Å². The van der Waals surface area contributed by atoms with Crippen LogP contribution in [0.3, 0.4) is 0 Å². The minimum absolute atomic E-state index is 0.0982. The van der Waals surface area contributed by atoms with Gasteiger partial charge in [0.25, 0.3) is 0 Å². The Morgan fingerprint density at radius 3 is 2.44 bits per heavy atom. The van der Waals surface area contributed by atoms with Crippen LogP contribution in [0.4, 0.5) is 10.1 Å². The van der Waals surface area contributed by atoms with Crippen molar-refractivity contribution >= 4 is 22.9 Å². The first-order valence-electron chi connectivity index (χ1n) is 10.6. The van der Waals surface area contributed by atoms with E-state index in [9.17, 15) is 9.18 Å². The summed E-state index contributed by atoms with van der Waals surface area (Å²) in [5, 5.41) is 2.96. The van der Waals surface area contributed by atoms with E-state index in [1.165, 1.54) is 12.1 Å². The Balaban J connectivity index is 1.23. The molecule has 0 saturated carbocycles. The molecule has 4 aromatic rings. The molecule has 32 heavy (non-hydrogen) atoms. The van der Waals surface area contributed by atoms with E-state index in [0.717, 1.165) is 40.7 Å². The van der Waals surface area contributed by atoms with Crippen molar-refractivity contribution in [3.8, 4) is 22.0 Å². The molecule has 0 radical (unpaired) electrons. The van der Waals surface area contributed by atoms with E-state index in [1.807, 2.05) is 58.1 Å². The topological polar surface area (TPSA) is 41.4 Å². The summed E-state index contributed by atoms with van der Waals surface area (Å²) in [6, 6.07) is 20.6. The van der Waals surface area contributed by atoms with Gasteiger partial charge < -0.3 is 14.4 Å². The van der Waals surface area contributed by atoms with Gasteiger partial charge in [0.2, 0.25) is 5.91 Å². The molecule has 2 aromatic heterocycles. The molecule has 5 rings (SSSR count). The monoisotopic (exact) mass is 446 g/mol. The van der Waals surface area contributed by atoms with E-state index in [-0.39, 0.29) is 11.7 Å². The van der Waals surface area contributed by atoms with Crippen molar-refractivity contribution in [3.63, 3.8) is 0 Å². The molecular weight excluding hydrogens is 423 g/mol. The van der Waals surface area contributed by atoms with Gasteiger partial charge in [0.1, 0.15) is 17.4 Å². The first-order valence-corrected chi connectivity index (χ1v) is 11.5. The quantitative estimate of drug-likeness (QED) is 0.444. The minimum Gasteiger partial charge on any atom is -0.368 e. The van der Waals surface area contributed by atoms with Crippen LogP contribution in [-0.2, 0) is 11.3 Å². The van der Waals surface area contributed by atoms with Crippen molar-refractivity contribution < 1.29 is 9.18 Å². The number of halogens is 1. The summed E-state index contributed by atoms with van der Waals surface area (Å²) in [5.74, 6) is -0.137. The molecule has 0 unspecified atom stereocenters. The Bertz CT molecular complexity index is 1190. The van der Waals surface area contributed by atoms with Crippen molar-refractivity contribution in [2.45, 2.75) is 6.54 Å². The van der Waals surface area contributed by atoms with Gasteiger partial charge >= 0.3 is 0 Å². The SMILES string of the molecule is O=C(Cn1cccc1-c1nc(-c2ccccc2)cs1)N1CCN(c2ccc(F)cc2)CC1. The number of rotatable bonds is 5. The smallest absolute Gasteiger partial charge is 0.242 e. The van der Waals surface area contributed by atoms with E-state index < -0.39 is 0 Å². The standard InChI is InChI=1S/C25H23FN4OS/c26-20-8-10-21(11-9-20)28-13-15-29(16-14-28)24(31)17-30-12-4-7-23(30)25-27-22(18-32-25)19-5-2-1-3-6-19/h1-12,18H,13-17H2. The number of benzene rings is 2. The number of aromatic nitrogens is 2. The van der Waals surface area contributed by atoms with Gasteiger partial charge in [-0.1, -0.05) is 30.3 Å². The Morgan fingerprint density at radius 1 is 0.938 bits per heavy atom. The molecule has 7 heteroatoms. The zero-order valence-corrected chi connectivity index (χ0v) is 18.3. The van der Waals surface area contributed by atoms with Crippen LogP contribution in [0.1, 0.15) is 0 Å². The Labute approximate surface area is 190 Å². The molecule has 0 spiro atoms. The summed E-state index contributed by atoms with van der Waals surface area (Å²) in [6.45, 7) is 3.08. The van der Waals surface area contributed by atoms with Crippen LogP contribution in [0.2, 0.25) is 0 Å². The van der Waals surface area contributed by atoms with Gasteiger partial charge in [-0.15, -0.1) is 11.3 Å². The fourth-order valence-corrected chi connectivity index (χ4v) is 4.86. The molecule has 2 aromatic carbocycles. The molecule has 3 heterocycles. The van der Waals surface area contributed by atoms with E-state index >= 15 is 0 Å². The van der Waals surface area contributed by atoms with Crippen LogP contribution in [0.15, 0.2) is 78.3 Å². The highest BCUT2D eigenvalue weighted by molar-refractivity contribution is 7.13. The molecule has 0 bridgehead atoms. The molecule has 1 fully saturated rings. The lowest BCUT2D eigenvalue weighted by atomic mass is 10.2. The van der Waals surface area contributed by atoms with Gasteiger partial charge in [0.15, 0.2) is 0 Å². The number of carbonyl (C=O) groups is 1. The third kappa shape index (κ3) is 4.29. The molecule has 0 atom stereocenters. The summed E-state index contributed by atoms with van der Waals surface area (Å²) in [6.07, 6.45) is 1.94. The zero-order chi connectivity index (χ0) is 21.9. The van der Waals surface area contributed by atoms with E-state index in [4.69, 9.17) is 4.98 Å². The minimum atomic E-state index is -0.235. The Hall–Kier alpha value is -3.45. The van der Waals surface area contributed by atoms with Crippen molar-refractivity contribution in [2.75, 3.05) is 31.1 Å². The number of piperazine rings is 1. The maximum absolute atomic E-state index is 13.2. The van der Waals surface area contributed by atoms with E-state index in [0.29, 0.717) is 19.6 Å². The van der Waals surface area contributed by atoms with E-state index in [2.05, 4.69) is 10.3 Å². The molecule has 1 saturated heterocycles. The summed E-state index contributed by atoms with van der Waals surface area (Å²) in [5.41, 5.74) is 3.98. The second-order valence-corrected chi connectivity index (χ2v) is 8.63. The molecule has 1 aliphatic heterocycles. The first-order chi connectivity index (χ1) is 15.7. The molecule has 0 N–H and O–H groups in total. The lowest BCUT2D eigenvalue weighted by molar-refractivity contribution is -0.132. The van der Waals surface area contributed by atoms with Gasteiger partial charge in [-0.25, -0.2) is 9.37 Å².